The Morgan fingerprint density at radius 1 is 1.10 bits per heavy atom. The molecular formula is C8H18OSi. The van der Waals surface area contributed by atoms with Crippen molar-refractivity contribution in [3.63, 3.8) is 0 Å². The summed E-state index contributed by atoms with van der Waals surface area (Å²) in [7, 11) is 0.340. The fourth-order valence-electron chi connectivity index (χ4n) is 0.755. The summed E-state index contributed by atoms with van der Waals surface area (Å²) in [6.45, 7) is 10.9. The minimum absolute atomic E-state index is 1.40. The molecule has 0 aromatic carbocycles. The second-order valence-corrected chi connectivity index (χ2v) is 7.52. The topological polar surface area (TPSA) is 9.23 Å². The van der Waals surface area contributed by atoms with Gasteiger partial charge in [-0.1, -0.05) is 10.8 Å². The van der Waals surface area contributed by atoms with E-state index in [0.29, 0.717) is 0 Å². The first-order chi connectivity index (χ1) is 4.41. The molecular weight excluding hydrogens is 140 g/mol. The van der Waals surface area contributed by atoms with Gasteiger partial charge in [-0.25, -0.2) is 0 Å². The molecule has 1 nitrogen and oxygen atoms in total. The molecule has 0 radical (unpaired) electrons. The van der Waals surface area contributed by atoms with E-state index < -0.39 is 8.32 Å². The van der Waals surface area contributed by atoms with E-state index in [9.17, 15) is 0 Å². The molecule has 0 saturated heterocycles. The zero-order valence-electron chi connectivity index (χ0n) is 7.91. The highest BCUT2D eigenvalue weighted by atomic mass is 28.4. The molecule has 0 rings (SSSR count). The van der Waals surface area contributed by atoms with E-state index in [4.69, 9.17) is 4.43 Å². The van der Waals surface area contributed by atoms with Gasteiger partial charge in [0.05, 0.1) is 0 Å². The summed E-state index contributed by atoms with van der Waals surface area (Å²) >= 11 is 0. The first-order valence-electron chi connectivity index (χ1n) is 3.61. The lowest BCUT2D eigenvalue weighted by molar-refractivity contribution is 0.411. The molecule has 0 amide bonds. The Morgan fingerprint density at radius 2 is 1.50 bits per heavy atom. The molecule has 2 heteroatoms. The molecule has 0 bridgehead atoms. The minimum Gasteiger partial charge on any atom is -0.416 e. The van der Waals surface area contributed by atoms with Crippen LogP contribution in [0.15, 0.2) is 10.8 Å². The molecule has 60 valence electrons. The van der Waals surface area contributed by atoms with Gasteiger partial charge in [0.2, 0.25) is 8.32 Å². The van der Waals surface area contributed by atoms with Gasteiger partial charge in [0.1, 0.15) is 0 Å². The van der Waals surface area contributed by atoms with Gasteiger partial charge in [-0.3, -0.25) is 0 Å². The van der Waals surface area contributed by atoms with Crippen LogP contribution < -0.4 is 0 Å². The lowest BCUT2D eigenvalue weighted by atomic mass is 10.3. The van der Waals surface area contributed by atoms with Crippen LogP contribution in [0.4, 0.5) is 0 Å². The molecule has 0 unspecified atom stereocenters. The molecule has 0 aromatic heterocycles. The third-order valence-electron chi connectivity index (χ3n) is 2.16. The van der Waals surface area contributed by atoms with E-state index in [1.165, 1.54) is 10.8 Å². The number of allylic oxidation sites excluding steroid dienone is 2. The second-order valence-electron chi connectivity index (χ2n) is 3.34. The molecule has 0 saturated carbocycles. The quantitative estimate of drug-likeness (QED) is 0.561. The minimum atomic E-state index is -1.46. The summed E-state index contributed by atoms with van der Waals surface area (Å²) < 4.78 is 5.44. The number of rotatable bonds is 2. The molecule has 0 aliphatic rings. The zero-order chi connectivity index (χ0) is 8.36. The highest BCUT2D eigenvalue weighted by molar-refractivity contribution is 6.78. The van der Waals surface area contributed by atoms with Crippen LogP contribution in [-0.2, 0) is 4.43 Å². The summed E-state index contributed by atoms with van der Waals surface area (Å²) in [5.41, 5.74) is 1.40. The highest BCUT2D eigenvalue weighted by Crippen LogP contribution is 2.17. The van der Waals surface area contributed by atoms with Crippen molar-refractivity contribution in [1.82, 2.24) is 0 Å². The first-order valence-corrected chi connectivity index (χ1v) is 6.52. The smallest absolute Gasteiger partial charge is 0.213 e. The monoisotopic (exact) mass is 158 g/mol. The Morgan fingerprint density at radius 3 is 1.60 bits per heavy atom. The van der Waals surface area contributed by atoms with Gasteiger partial charge in [0, 0.05) is 7.11 Å². The van der Waals surface area contributed by atoms with Gasteiger partial charge < -0.3 is 4.43 Å². The summed E-state index contributed by atoms with van der Waals surface area (Å²) in [6.07, 6.45) is 0. The lowest BCUT2D eigenvalue weighted by Crippen LogP contribution is -2.31. The average molecular weight is 158 g/mol. The fourth-order valence-corrected chi connectivity index (χ4v) is 2.27. The van der Waals surface area contributed by atoms with Crippen LogP contribution in [0.3, 0.4) is 0 Å². The molecule has 0 aliphatic heterocycles. The maximum atomic E-state index is 5.44. The van der Waals surface area contributed by atoms with Crippen molar-refractivity contribution in [1.29, 1.82) is 0 Å². The van der Waals surface area contributed by atoms with E-state index in [0.717, 1.165) is 0 Å². The Kier molecular flexibility index (Phi) is 3.32. The van der Waals surface area contributed by atoms with E-state index in [1.807, 2.05) is 0 Å². The van der Waals surface area contributed by atoms with Crippen molar-refractivity contribution < 1.29 is 4.43 Å². The molecule has 0 fully saturated rings. The van der Waals surface area contributed by atoms with E-state index in [1.54, 1.807) is 7.11 Å². The zero-order valence-corrected chi connectivity index (χ0v) is 8.91. The predicted molar refractivity (Wildman–Crippen MR) is 48.5 cm³/mol. The number of hydrogen-bond acceptors (Lipinski definition) is 1. The van der Waals surface area contributed by atoms with Crippen LogP contribution in [0.2, 0.25) is 13.1 Å². The van der Waals surface area contributed by atoms with Crippen LogP contribution in [0, 0.1) is 0 Å². The van der Waals surface area contributed by atoms with Crippen molar-refractivity contribution in [2.24, 2.45) is 0 Å². The van der Waals surface area contributed by atoms with Gasteiger partial charge in [0.25, 0.3) is 0 Å². The Bertz CT molecular complexity index is 143. The van der Waals surface area contributed by atoms with Crippen LogP contribution in [0.25, 0.3) is 0 Å². The molecule has 0 N–H and O–H groups in total. The fraction of sp³-hybridized carbons (Fsp3) is 0.750. The molecule has 10 heavy (non-hydrogen) atoms. The van der Waals surface area contributed by atoms with Gasteiger partial charge in [-0.2, -0.15) is 0 Å². The Labute approximate surface area is 65.2 Å². The maximum Gasteiger partial charge on any atom is 0.213 e. The van der Waals surface area contributed by atoms with Crippen LogP contribution in [0.5, 0.6) is 0 Å². The largest absolute Gasteiger partial charge is 0.416 e. The van der Waals surface area contributed by atoms with E-state index in [2.05, 4.69) is 33.9 Å². The standard InChI is InChI=1S/C8H18OSi/c1-7(2)8(3)10(5,6)9-4/h1-6H3. The molecule has 0 spiro atoms. The molecule has 0 aromatic rings. The van der Waals surface area contributed by atoms with Crippen LogP contribution in [-0.4, -0.2) is 15.4 Å². The first kappa shape index (κ1) is 9.92. The molecule has 0 heterocycles. The number of hydrogen-bond donors (Lipinski definition) is 0. The average Bonchev–Trinajstić information content (AvgIpc) is 1.86. The lowest BCUT2D eigenvalue weighted by Gasteiger charge is -2.22. The molecule has 0 aliphatic carbocycles. The Hall–Kier alpha value is -0.0831. The van der Waals surface area contributed by atoms with E-state index in [-0.39, 0.29) is 0 Å². The second kappa shape index (κ2) is 3.35. The summed E-state index contributed by atoms with van der Waals surface area (Å²) in [5.74, 6) is 0. The normalized spacial score (nSPS) is 11.4. The molecule has 0 atom stereocenters. The van der Waals surface area contributed by atoms with Crippen LogP contribution >= 0.6 is 0 Å². The van der Waals surface area contributed by atoms with Gasteiger partial charge in [0.15, 0.2) is 0 Å². The van der Waals surface area contributed by atoms with Crippen LogP contribution in [0.1, 0.15) is 20.8 Å². The van der Waals surface area contributed by atoms with Crippen molar-refractivity contribution in [2.45, 2.75) is 33.9 Å². The maximum absolute atomic E-state index is 5.44. The third kappa shape index (κ3) is 2.27. The predicted octanol–water partition coefficient (Wildman–Crippen LogP) is 2.73. The SMILES string of the molecule is CO[Si](C)(C)C(C)=C(C)C. The van der Waals surface area contributed by atoms with Crippen molar-refractivity contribution >= 4 is 8.32 Å². The van der Waals surface area contributed by atoms with Gasteiger partial charge >= 0.3 is 0 Å². The van der Waals surface area contributed by atoms with Crippen molar-refractivity contribution in [3.05, 3.63) is 10.8 Å². The Balaban J connectivity index is 4.49. The summed E-state index contributed by atoms with van der Waals surface area (Å²) in [6, 6.07) is 0. The van der Waals surface area contributed by atoms with Crippen molar-refractivity contribution in [2.75, 3.05) is 7.11 Å². The third-order valence-corrected chi connectivity index (χ3v) is 5.49. The summed E-state index contributed by atoms with van der Waals surface area (Å²) in [4.78, 5) is 0. The highest BCUT2D eigenvalue weighted by Gasteiger charge is 2.23. The van der Waals surface area contributed by atoms with Gasteiger partial charge in [-0.05, 0) is 33.9 Å². The van der Waals surface area contributed by atoms with Gasteiger partial charge in [-0.15, -0.1) is 0 Å². The van der Waals surface area contributed by atoms with Crippen molar-refractivity contribution in [3.8, 4) is 0 Å². The summed E-state index contributed by atoms with van der Waals surface area (Å²) in [5, 5.41) is 1.45. The van der Waals surface area contributed by atoms with E-state index >= 15 is 0 Å².